The van der Waals surface area contributed by atoms with E-state index in [9.17, 15) is 8.42 Å². The van der Waals surface area contributed by atoms with Crippen molar-refractivity contribution in [2.75, 3.05) is 20.2 Å². The summed E-state index contributed by atoms with van der Waals surface area (Å²) < 4.78 is 38.3. The molecule has 1 aromatic heterocycles. The van der Waals surface area contributed by atoms with Gasteiger partial charge in [0.15, 0.2) is 0 Å². The Hall–Kier alpha value is -2.71. The largest absolute Gasteiger partial charge is 0.480 e. The maximum Gasteiger partial charge on any atom is 0.243 e. The molecule has 0 saturated carbocycles. The van der Waals surface area contributed by atoms with Crippen molar-refractivity contribution < 1.29 is 17.9 Å². The Labute approximate surface area is 157 Å². The minimum absolute atomic E-state index is 0.272. The van der Waals surface area contributed by atoms with E-state index in [4.69, 9.17) is 9.47 Å². The van der Waals surface area contributed by atoms with Crippen LogP contribution in [0.2, 0.25) is 0 Å². The molecule has 1 unspecified atom stereocenters. The van der Waals surface area contributed by atoms with Gasteiger partial charge in [-0.1, -0.05) is 30.3 Å². The second-order valence-corrected chi connectivity index (χ2v) is 8.24. The van der Waals surface area contributed by atoms with E-state index in [2.05, 4.69) is 9.97 Å². The lowest BCUT2D eigenvalue weighted by atomic mass is 10.1. The standard InChI is InChI=1S/C19H19N3O4S/c1-25-18-11-20-12-19(21-18)26-16-8-9-22(13-16)27(23,24)17-7-6-14-4-2-3-5-15(14)10-17/h2-7,10-12,16H,8-9,13H2,1H3. The van der Waals surface area contributed by atoms with Crippen molar-refractivity contribution in [2.45, 2.75) is 17.4 Å². The van der Waals surface area contributed by atoms with Crippen molar-refractivity contribution in [1.82, 2.24) is 14.3 Å². The van der Waals surface area contributed by atoms with Crippen LogP contribution in [0, 0.1) is 0 Å². The molecule has 1 aliphatic rings. The highest BCUT2D eigenvalue weighted by atomic mass is 32.2. The van der Waals surface area contributed by atoms with Gasteiger partial charge in [-0.15, -0.1) is 0 Å². The summed E-state index contributed by atoms with van der Waals surface area (Å²) in [7, 11) is -2.07. The molecule has 2 heterocycles. The van der Waals surface area contributed by atoms with Crippen LogP contribution in [-0.2, 0) is 10.0 Å². The summed E-state index contributed by atoms with van der Waals surface area (Å²) in [6.45, 7) is 0.672. The normalized spacial score (nSPS) is 17.9. The van der Waals surface area contributed by atoms with Crippen LogP contribution in [0.5, 0.6) is 11.8 Å². The van der Waals surface area contributed by atoms with E-state index in [0.717, 1.165) is 10.8 Å². The molecule has 1 fully saturated rings. The van der Waals surface area contributed by atoms with Gasteiger partial charge in [0, 0.05) is 6.54 Å². The minimum Gasteiger partial charge on any atom is -0.480 e. The number of benzene rings is 2. The average molecular weight is 385 g/mol. The van der Waals surface area contributed by atoms with Crippen molar-refractivity contribution in [3.05, 3.63) is 54.9 Å². The number of ether oxygens (including phenoxy) is 2. The van der Waals surface area contributed by atoms with E-state index in [1.54, 1.807) is 12.1 Å². The fourth-order valence-electron chi connectivity index (χ4n) is 3.15. The van der Waals surface area contributed by atoms with Crippen LogP contribution in [0.1, 0.15) is 6.42 Å². The zero-order valence-corrected chi connectivity index (χ0v) is 15.6. The Kier molecular flexibility index (Phi) is 4.67. The number of sulfonamides is 1. The van der Waals surface area contributed by atoms with Gasteiger partial charge in [0.2, 0.25) is 21.8 Å². The molecule has 0 amide bonds. The van der Waals surface area contributed by atoms with E-state index in [-0.39, 0.29) is 12.6 Å². The zero-order valence-electron chi connectivity index (χ0n) is 14.8. The van der Waals surface area contributed by atoms with E-state index >= 15 is 0 Å². The lowest BCUT2D eigenvalue weighted by molar-refractivity contribution is 0.203. The van der Waals surface area contributed by atoms with E-state index in [1.165, 1.54) is 23.8 Å². The predicted molar refractivity (Wildman–Crippen MR) is 100 cm³/mol. The summed E-state index contributed by atoms with van der Waals surface area (Å²) in [5.74, 6) is 0.676. The molecule has 0 bridgehead atoms. The van der Waals surface area contributed by atoms with Gasteiger partial charge in [-0.25, -0.2) is 8.42 Å². The molecule has 7 nitrogen and oxygen atoms in total. The SMILES string of the molecule is COc1cncc(OC2CCN(S(=O)(=O)c3ccc4ccccc4c3)C2)n1. The third-order valence-corrected chi connectivity index (χ3v) is 6.41. The van der Waals surface area contributed by atoms with Gasteiger partial charge in [0.05, 0.1) is 30.9 Å². The molecule has 8 heteroatoms. The lowest BCUT2D eigenvalue weighted by Gasteiger charge is -2.17. The van der Waals surface area contributed by atoms with Crippen LogP contribution in [-0.4, -0.2) is 49.0 Å². The smallest absolute Gasteiger partial charge is 0.243 e. The molecule has 1 aliphatic heterocycles. The van der Waals surface area contributed by atoms with Crippen LogP contribution in [0.15, 0.2) is 59.8 Å². The summed E-state index contributed by atoms with van der Waals surface area (Å²) in [4.78, 5) is 8.45. The number of hydrogen-bond acceptors (Lipinski definition) is 6. The Bertz CT molecular complexity index is 1070. The number of fused-ring (bicyclic) bond motifs is 1. The van der Waals surface area contributed by atoms with Crippen molar-refractivity contribution in [3.63, 3.8) is 0 Å². The van der Waals surface area contributed by atoms with Gasteiger partial charge in [-0.3, -0.25) is 4.98 Å². The highest BCUT2D eigenvalue weighted by Crippen LogP contribution is 2.26. The molecule has 0 aliphatic carbocycles. The highest BCUT2D eigenvalue weighted by Gasteiger charge is 2.34. The number of aromatic nitrogens is 2. The quantitative estimate of drug-likeness (QED) is 0.671. The van der Waals surface area contributed by atoms with Gasteiger partial charge in [-0.2, -0.15) is 9.29 Å². The number of rotatable bonds is 5. The monoisotopic (exact) mass is 385 g/mol. The lowest BCUT2D eigenvalue weighted by Crippen LogP contribution is -2.31. The summed E-state index contributed by atoms with van der Waals surface area (Å²) in [5.41, 5.74) is 0. The molecule has 0 radical (unpaired) electrons. The molecular formula is C19H19N3O4S. The van der Waals surface area contributed by atoms with Crippen LogP contribution < -0.4 is 9.47 Å². The Morgan fingerprint density at radius 1 is 1.07 bits per heavy atom. The Morgan fingerprint density at radius 3 is 2.67 bits per heavy atom. The van der Waals surface area contributed by atoms with Gasteiger partial charge in [0.1, 0.15) is 6.10 Å². The van der Waals surface area contributed by atoms with E-state index in [1.807, 2.05) is 30.3 Å². The first-order valence-corrected chi connectivity index (χ1v) is 10.0. The Morgan fingerprint density at radius 2 is 1.85 bits per heavy atom. The molecule has 27 heavy (non-hydrogen) atoms. The molecular weight excluding hydrogens is 366 g/mol. The molecule has 3 aromatic rings. The van der Waals surface area contributed by atoms with Gasteiger partial charge >= 0.3 is 0 Å². The highest BCUT2D eigenvalue weighted by molar-refractivity contribution is 7.89. The molecule has 1 saturated heterocycles. The van der Waals surface area contributed by atoms with Gasteiger partial charge < -0.3 is 9.47 Å². The summed E-state index contributed by atoms with van der Waals surface area (Å²) in [6.07, 6.45) is 3.29. The summed E-state index contributed by atoms with van der Waals surface area (Å²) in [6, 6.07) is 12.9. The fraction of sp³-hybridized carbons (Fsp3) is 0.263. The van der Waals surface area contributed by atoms with Crippen LogP contribution in [0.3, 0.4) is 0 Å². The molecule has 0 spiro atoms. The van der Waals surface area contributed by atoms with Crippen molar-refractivity contribution >= 4 is 20.8 Å². The van der Waals surface area contributed by atoms with Crippen LogP contribution >= 0.6 is 0 Å². The second-order valence-electron chi connectivity index (χ2n) is 6.30. The third kappa shape index (κ3) is 3.58. The predicted octanol–water partition coefficient (Wildman–Crippen LogP) is 2.48. The molecule has 0 N–H and O–H groups in total. The van der Waals surface area contributed by atoms with E-state index < -0.39 is 10.0 Å². The van der Waals surface area contributed by atoms with Crippen LogP contribution in [0.4, 0.5) is 0 Å². The molecule has 4 rings (SSSR count). The van der Waals surface area contributed by atoms with Crippen molar-refractivity contribution in [2.24, 2.45) is 0 Å². The van der Waals surface area contributed by atoms with Gasteiger partial charge in [-0.05, 0) is 29.3 Å². The first kappa shape index (κ1) is 17.7. The summed E-state index contributed by atoms with van der Waals surface area (Å²) >= 11 is 0. The molecule has 1 atom stereocenters. The van der Waals surface area contributed by atoms with Crippen molar-refractivity contribution in [3.8, 4) is 11.8 Å². The Balaban J connectivity index is 1.51. The summed E-state index contributed by atoms with van der Waals surface area (Å²) in [5, 5.41) is 1.91. The third-order valence-electron chi connectivity index (χ3n) is 4.55. The maximum atomic E-state index is 13.0. The van der Waals surface area contributed by atoms with Crippen LogP contribution in [0.25, 0.3) is 10.8 Å². The van der Waals surface area contributed by atoms with E-state index in [0.29, 0.717) is 29.6 Å². The minimum atomic E-state index is -3.58. The number of methoxy groups -OCH3 is 1. The first-order valence-electron chi connectivity index (χ1n) is 8.58. The second kappa shape index (κ2) is 7.13. The number of hydrogen-bond donors (Lipinski definition) is 0. The number of nitrogens with zero attached hydrogens (tertiary/aromatic N) is 3. The molecule has 140 valence electrons. The average Bonchev–Trinajstić information content (AvgIpc) is 3.17. The first-order chi connectivity index (χ1) is 13.1. The fourth-order valence-corrected chi connectivity index (χ4v) is 4.67. The zero-order chi connectivity index (χ0) is 18.9. The van der Waals surface area contributed by atoms with Crippen molar-refractivity contribution in [1.29, 1.82) is 0 Å². The van der Waals surface area contributed by atoms with Gasteiger partial charge in [0.25, 0.3) is 0 Å². The maximum absolute atomic E-state index is 13.0. The topological polar surface area (TPSA) is 81.6 Å². The molecule has 2 aromatic carbocycles.